The highest BCUT2D eigenvalue weighted by Gasteiger charge is 2.41. The lowest BCUT2D eigenvalue weighted by Crippen LogP contribution is -2.33. The molecule has 1 fully saturated rings. The van der Waals surface area contributed by atoms with Crippen LogP contribution in [0, 0.1) is 5.41 Å². The number of nitrogens with zero attached hydrogens (tertiary/aromatic N) is 5. The van der Waals surface area contributed by atoms with E-state index in [1.54, 1.807) is 11.3 Å². The van der Waals surface area contributed by atoms with Crippen LogP contribution in [0.1, 0.15) is 46.1 Å². The van der Waals surface area contributed by atoms with Gasteiger partial charge in [-0.2, -0.15) is 11.3 Å². The highest BCUT2D eigenvalue weighted by molar-refractivity contribution is 7.08. The van der Waals surface area contributed by atoms with E-state index in [4.69, 9.17) is 0 Å². The Hall–Kier alpha value is -2.26. The molecule has 0 aromatic carbocycles. The quantitative estimate of drug-likeness (QED) is 0.799. The number of amides is 2. The monoisotopic (exact) mass is 416 g/mol. The molecule has 0 saturated carbocycles. The van der Waals surface area contributed by atoms with Gasteiger partial charge in [0.15, 0.2) is 0 Å². The Labute approximate surface area is 174 Å². The molecule has 29 heavy (non-hydrogen) atoms. The minimum Gasteiger partial charge on any atom is -0.348 e. The molecule has 8 nitrogen and oxygen atoms in total. The van der Waals surface area contributed by atoms with Crippen LogP contribution in [-0.4, -0.2) is 76.7 Å². The van der Waals surface area contributed by atoms with Crippen LogP contribution in [-0.2, 0) is 13.0 Å². The number of thiophene rings is 1. The summed E-state index contributed by atoms with van der Waals surface area (Å²) >= 11 is 1.55. The van der Waals surface area contributed by atoms with Crippen molar-refractivity contribution in [2.75, 3.05) is 40.3 Å². The van der Waals surface area contributed by atoms with E-state index in [1.807, 2.05) is 45.3 Å². The van der Waals surface area contributed by atoms with Crippen LogP contribution >= 0.6 is 11.3 Å². The van der Waals surface area contributed by atoms with Crippen molar-refractivity contribution in [3.8, 4) is 0 Å². The zero-order valence-corrected chi connectivity index (χ0v) is 17.9. The van der Waals surface area contributed by atoms with Crippen molar-refractivity contribution in [3.63, 3.8) is 0 Å². The lowest BCUT2D eigenvalue weighted by Gasteiger charge is -2.27. The number of rotatable bonds is 5. The summed E-state index contributed by atoms with van der Waals surface area (Å²) in [5, 5.41) is 15.2. The second kappa shape index (κ2) is 8.23. The van der Waals surface area contributed by atoms with E-state index >= 15 is 0 Å². The Morgan fingerprint density at radius 2 is 2.07 bits per heavy atom. The number of aryl methyl sites for hydroxylation is 1. The van der Waals surface area contributed by atoms with E-state index in [0.29, 0.717) is 12.4 Å². The summed E-state index contributed by atoms with van der Waals surface area (Å²) in [4.78, 5) is 29.3. The van der Waals surface area contributed by atoms with Gasteiger partial charge < -0.3 is 19.7 Å². The topological polar surface area (TPSA) is 83.4 Å². The number of hydrogen-bond donors (Lipinski definition) is 1. The summed E-state index contributed by atoms with van der Waals surface area (Å²) in [6.45, 7) is 3.66. The summed E-state index contributed by atoms with van der Waals surface area (Å²) in [5.41, 5.74) is 0.889. The Bertz CT molecular complexity index is 878. The van der Waals surface area contributed by atoms with Gasteiger partial charge in [-0.15, -0.1) is 10.2 Å². The fourth-order valence-electron chi connectivity index (χ4n) is 4.33. The standard InChI is InChI=1S/C20H28N6O2S/c1-24(2)11-8-21-18(27)17-23-22-16-3-5-20(7-10-26(16)17)6-9-25(14-20)19(28)15-4-12-29-13-15/h4,12-13H,3,5-11,14H2,1-2H3,(H,21,27). The van der Waals surface area contributed by atoms with Crippen LogP contribution in [0.2, 0.25) is 0 Å². The zero-order valence-electron chi connectivity index (χ0n) is 17.1. The molecule has 2 aromatic heterocycles. The molecular weight excluding hydrogens is 388 g/mol. The Morgan fingerprint density at radius 1 is 1.24 bits per heavy atom. The van der Waals surface area contributed by atoms with Crippen molar-refractivity contribution in [3.05, 3.63) is 34.0 Å². The maximum absolute atomic E-state index is 12.7. The first-order chi connectivity index (χ1) is 14.0. The molecule has 2 aliphatic rings. The van der Waals surface area contributed by atoms with Crippen molar-refractivity contribution in [1.82, 2.24) is 29.9 Å². The number of carbonyl (C=O) groups is 2. The summed E-state index contributed by atoms with van der Waals surface area (Å²) in [6.07, 6.45) is 3.70. The largest absolute Gasteiger partial charge is 0.348 e. The highest BCUT2D eigenvalue weighted by Crippen LogP contribution is 2.41. The van der Waals surface area contributed by atoms with Gasteiger partial charge in [-0.1, -0.05) is 0 Å². The summed E-state index contributed by atoms with van der Waals surface area (Å²) < 4.78 is 1.98. The fourth-order valence-corrected chi connectivity index (χ4v) is 4.96. The molecular formula is C20H28N6O2S. The third kappa shape index (κ3) is 4.20. The van der Waals surface area contributed by atoms with E-state index in [9.17, 15) is 9.59 Å². The number of hydrogen-bond acceptors (Lipinski definition) is 6. The van der Waals surface area contributed by atoms with Crippen LogP contribution in [0.25, 0.3) is 0 Å². The van der Waals surface area contributed by atoms with Gasteiger partial charge in [-0.3, -0.25) is 9.59 Å². The summed E-state index contributed by atoms with van der Waals surface area (Å²) in [5.74, 6) is 1.25. The van der Waals surface area contributed by atoms with Crippen molar-refractivity contribution in [2.24, 2.45) is 5.41 Å². The number of carbonyl (C=O) groups excluding carboxylic acids is 2. The molecule has 0 radical (unpaired) electrons. The first-order valence-corrected chi connectivity index (χ1v) is 11.1. The summed E-state index contributed by atoms with van der Waals surface area (Å²) in [7, 11) is 3.95. The zero-order chi connectivity index (χ0) is 20.4. The van der Waals surface area contributed by atoms with Gasteiger partial charge in [0.1, 0.15) is 5.82 Å². The highest BCUT2D eigenvalue weighted by atomic mass is 32.1. The number of aromatic nitrogens is 3. The molecule has 1 saturated heterocycles. The van der Waals surface area contributed by atoms with Gasteiger partial charge in [-0.05, 0) is 50.2 Å². The number of nitrogens with one attached hydrogen (secondary N) is 1. The lowest BCUT2D eigenvalue weighted by atomic mass is 9.80. The maximum atomic E-state index is 12.7. The van der Waals surface area contributed by atoms with Crippen molar-refractivity contribution in [2.45, 2.75) is 32.2 Å². The molecule has 2 amide bonds. The van der Waals surface area contributed by atoms with Crippen LogP contribution in [0.3, 0.4) is 0 Å². The first-order valence-electron chi connectivity index (χ1n) is 10.1. The van der Waals surface area contributed by atoms with Gasteiger partial charge >= 0.3 is 0 Å². The molecule has 2 aliphatic heterocycles. The van der Waals surface area contributed by atoms with E-state index in [-0.39, 0.29) is 17.2 Å². The van der Waals surface area contributed by atoms with Gasteiger partial charge in [0.25, 0.3) is 11.8 Å². The number of likely N-dealkylation sites (tertiary alicyclic amines) is 1. The lowest BCUT2D eigenvalue weighted by molar-refractivity contribution is 0.0767. The van der Waals surface area contributed by atoms with Gasteiger partial charge in [0.2, 0.25) is 5.82 Å². The number of likely N-dealkylation sites (N-methyl/N-ethyl adjacent to an activating group) is 1. The second-order valence-corrected chi connectivity index (χ2v) is 9.17. The van der Waals surface area contributed by atoms with E-state index < -0.39 is 0 Å². The summed E-state index contributed by atoms with van der Waals surface area (Å²) in [6, 6.07) is 1.90. The van der Waals surface area contributed by atoms with Crippen molar-refractivity contribution < 1.29 is 9.59 Å². The Balaban J connectivity index is 1.41. The van der Waals surface area contributed by atoms with Crippen LogP contribution < -0.4 is 5.32 Å². The number of fused-ring (bicyclic) bond motifs is 1. The molecule has 1 unspecified atom stereocenters. The van der Waals surface area contributed by atoms with Crippen LogP contribution in [0.5, 0.6) is 0 Å². The minimum absolute atomic E-state index is 0.102. The van der Waals surface area contributed by atoms with Gasteiger partial charge in [0.05, 0.1) is 5.56 Å². The molecule has 4 heterocycles. The Kier molecular flexibility index (Phi) is 5.69. The third-order valence-corrected chi connectivity index (χ3v) is 6.80. The van der Waals surface area contributed by atoms with Crippen LogP contribution in [0.15, 0.2) is 16.8 Å². The predicted molar refractivity (Wildman–Crippen MR) is 111 cm³/mol. The second-order valence-electron chi connectivity index (χ2n) is 8.39. The van der Waals surface area contributed by atoms with Crippen molar-refractivity contribution >= 4 is 23.2 Å². The predicted octanol–water partition coefficient (Wildman–Crippen LogP) is 1.50. The molecule has 1 atom stereocenters. The van der Waals surface area contributed by atoms with Crippen molar-refractivity contribution in [1.29, 1.82) is 0 Å². The van der Waals surface area contributed by atoms with E-state index in [1.165, 1.54) is 0 Å². The third-order valence-electron chi connectivity index (χ3n) is 6.11. The van der Waals surface area contributed by atoms with Gasteiger partial charge in [0, 0.05) is 44.5 Å². The van der Waals surface area contributed by atoms with Crippen LogP contribution in [0.4, 0.5) is 0 Å². The SMILES string of the molecule is CN(C)CCNC(=O)c1nnc2n1CCC1(CC2)CCN(C(=O)c2ccsc2)C1. The van der Waals surface area contributed by atoms with E-state index in [0.717, 1.165) is 63.3 Å². The average Bonchev–Trinajstić information content (AvgIpc) is 3.42. The smallest absolute Gasteiger partial charge is 0.289 e. The molecule has 9 heteroatoms. The van der Waals surface area contributed by atoms with Gasteiger partial charge in [-0.25, -0.2) is 0 Å². The molecule has 0 aliphatic carbocycles. The average molecular weight is 417 g/mol. The molecule has 1 spiro atoms. The minimum atomic E-state index is -0.165. The molecule has 0 bridgehead atoms. The Morgan fingerprint density at radius 3 is 2.83 bits per heavy atom. The molecule has 2 aromatic rings. The first kappa shape index (κ1) is 20.0. The molecule has 1 N–H and O–H groups in total. The molecule has 4 rings (SSSR count). The molecule has 156 valence electrons. The van der Waals surface area contributed by atoms with E-state index in [2.05, 4.69) is 15.5 Å². The maximum Gasteiger partial charge on any atom is 0.289 e. The fraction of sp³-hybridized carbons (Fsp3) is 0.600. The normalized spacial score (nSPS) is 21.4.